The molecule has 0 unspecified atom stereocenters. The molecule has 1 aliphatic carbocycles. The van der Waals surface area contributed by atoms with E-state index in [2.05, 4.69) is 6.58 Å². The van der Waals surface area contributed by atoms with Crippen LogP contribution < -0.4 is 0 Å². The van der Waals surface area contributed by atoms with E-state index in [0.717, 1.165) is 10.5 Å². The second-order valence-electron chi connectivity index (χ2n) is 19.5. The largest absolute Gasteiger partial charge is 0.460 e. The first-order valence-electron chi connectivity index (χ1n) is 27.9. The average Bonchev–Trinajstić information content (AvgIpc) is 3.35. The first-order chi connectivity index (χ1) is 34.9. The number of fused-ring (bicyclic) bond motifs is 3. The molecule has 3 aliphatic heterocycles. The van der Waals surface area contributed by atoms with Crippen LogP contribution in [0.4, 0.5) is 0 Å². The van der Waals surface area contributed by atoms with E-state index in [4.69, 9.17) is 38.0 Å². The number of rotatable bonds is 9. The van der Waals surface area contributed by atoms with Gasteiger partial charge in [-0.2, -0.15) is 0 Å². The number of allylic oxidation sites excluding steroid dienone is 6. The quantitative estimate of drug-likeness (QED) is 0.120. The minimum atomic E-state index is -2.95. The summed E-state index contributed by atoms with van der Waals surface area (Å²) >= 11 is 0. The van der Waals surface area contributed by atoms with Gasteiger partial charge >= 0.3 is 5.97 Å². The normalized spacial score (nSPS) is 41.8. The van der Waals surface area contributed by atoms with Gasteiger partial charge in [0.2, 0.25) is 5.79 Å². The van der Waals surface area contributed by atoms with Crippen LogP contribution in [0.1, 0.15) is 135 Å². The number of Topliss-reactive ketones (excluding diaryl/α,β-unsaturated/α-hetero) is 2. The Bertz CT molecular complexity index is 2100. The summed E-state index contributed by atoms with van der Waals surface area (Å²) in [6.45, 7) is 8.37. The Morgan fingerprint density at radius 1 is 0.971 bits per heavy atom. The summed E-state index contributed by atoms with van der Waals surface area (Å²) in [6.07, 6.45) is 3.84. The number of amides is 1. The minimum absolute atomic E-state index is 0.0191. The van der Waals surface area contributed by atoms with Crippen molar-refractivity contribution in [2.45, 2.75) is 180 Å². The van der Waals surface area contributed by atoms with Gasteiger partial charge < -0.3 is 48.6 Å². The van der Waals surface area contributed by atoms with Gasteiger partial charge in [-0.25, -0.2) is 4.79 Å². The zero-order valence-electron chi connectivity index (χ0n) is 48.8. The molecule has 14 heteroatoms. The molecule has 0 aromatic rings. The van der Waals surface area contributed by atoms with Crippen LogP contribution in [0.2, 0.25) is 0 Å². The maximum Gasteiger partial charge on any atom is 0.329 e. The molecule has 0 aromatic heterocycles. The van der Waals surface area contributed by atoms with E-state index in [1.54, 1.807) is 6.92 Å². The van der Waals surface area contributed by atoms with Crippen molar-refractivity contribution < 1.29 is 72.5 Å². The number of aliphatic hydroxyl groups is 3. The summed E-state index contributed by atoms with van der Waals surface area (Å²) in [7, 11) is 4.34. The maximum absolute atomic E-state index is 14.6. The molecule has 0 aromatic carbocycles. The zero-order chi connectivity index (χ0) is 56.4. The Morgan fingerprint density at radius 2 is 1.72 bits per heavy atom. The Hall–Kier alpha value is -3.34. The van der Waals surface area contributed by atoms with E-state index in [1.807, 2.05) is 51.2 Å². The number of piperidine rings is 1. The van der Waals surface area contributed by atoms with Gasteiger partial charge in [-0.1, -0.05) is 77.6 Å². The predicted octanol–water partition coefficient (Wildman–Crippen LogP) is 7.18. The molecular formula is C54H85NO13. The Labute approximate surface area is 416 Å². The number of hydrogen-bond acceptors (Lipinski definition) is 13. The predicted molar refractivity (Wildman–Crippen MR) is 260 cm³/mol. The summed E-state index contributed by atoms with van der Waals surface area (Å²) in [5.41, 5.74) is 1.44. The number of cyclic esters (lactones) is 1. The van der Waals surface area contributed by atoms with Crippen LogP contribution in [-0.2, 0) is 47.6 Å². The number of hydrogen-bond donors (Lipinski definition) is 3. The average molecular weight is 963 g/mol. The zero-order valence-corrected chi connectivity index (χ0v) is 41.8. The van der Waals surface area contributed by atoms with Gasteiger partial charge in [-0.3, -0.25) is 14.4 Å². The lowest BCUT2D eigenvalue weighted by molar-refractivity contribution is -0.265. The lowest BCUT2D eigenvalue weighted by Crippen LogP contribution is -2.61. The molecule has 15 atom stereocenters. The highest BCUT2D eigenvalue weighted by molar-refractivity contribution is 6.39. The summed E-state index contributed by atoms with van der Waals surface area (Å²) in [5.74, 6) is -11.7. The number of carbonyl (C=O) groups excluding carboxylic acids is 4. The third kappa shape index (κ3) is 15.3. The number of ether oxygens (including phenoxy) is 6. The van der Waals surface area contributed by atoms with Gasteiger partial charge in [0, 0.05) is 59.4 Å². The van der Waals surface area contributed by atoms with Crippen LogP contribution >= 0.6 is 0 Å². The van der Waals surface area contributed by atoms with E-state index in [9.17, 15) is 34.5 Å². The number of aliphatic hydroxyl groups excluding tert-OH is 2. The molecule has 68 heavy (non-hydrogen) atoms. The lowest BCUT2D eigenvalue weighted by Gasteiger charge is -2.42. The maximum atomic E-state index is 14.6. The first kappa shape index (κ1) is 47.0. The van der Waals surface area contributed by atoms with Gasteiger partial charge in [-0.15, -0.1) is 0 Å². The summed E-state index contributed by atoms with van der Waals surface area (Å²) in [6, 6.07) is -1.40. The summed E-state index contributed by atoms with van der Waals surface area (Å²) < 4.78 is 94.5. The standard InChI is InChI=1S/C54H85NO13/c1-33-17-13-12-14-18-34(2)46(63-9)31-42-22-20-39(7)54(62,68-42)51(59)52(60)55-24-16-15-19-43(55)53(61)67-47(37(5)29-41-21-23-45(66-26-25-56)48(30-41)64-10)32-44(57)36(4)28-38(6)49(58)50(65-11)40(8)35(3)27-33/h12-14,17-18,28,33,35-37,39,41-43,45-50,56,58,62H,8,15-16,19-27,29-32H2,1-7,9-11H3/b14-12+,17-13+,34-18+,38-28+/t33-,35-,36-,37-,39-,41+,42+,43+,45-,46+,47+,48-,49-,50+,54-/m1/s1/i4D3,20D2,26D2. The third-order valence-corrected chi connectivity index (χ3v) is 14.4. The van der Waals surface area contributed by atoms with Gasteiger partial charge in [0.25, 0.3) is 11.7 Å². The van der Waals surface area contributed by atoms with Crippen LogP contribution in [0.5, 0.6) is 0 Å². The second kappa shape index (κ2) is 27.3. The third-order valence-electron chi connectivity index (χ3n) is 14.4. The van der Waals surface area contributed by atoms with Gasteiger partial charge in [0.1, 0.15) is 30.1 Å². The Balaban J connectivity index is 1.80. The highest BCUT2D eigenvalue weighted by Gasteiger charge is 2.53. The van der Waals surface area contributed by atoms with Crippen LogP contribution in [0.25, 0.3) is 0 Å². The van der Waals surface area contributed by atoms with Crippen molar-refractivity contribution in [2.24, 2.45) is 35.5 Å². The second-order valence-corrected chi connectivity index (χ2v) is 19.5. The van der Waals surface area contributed by atoms with Crippen LogP contribution in [-0.4, -0.2) is 139 Å². The van der Waals surface area contributed by atoms with Crippen LogP contribution in [0, 0.1) is 35.5 Å². The highest BCUT2D eigenvalue weighted by atomic mass is 16.6. The van der Waals surface area contributed by atoms with Crippen molar-refractivity contribution >= 4 is 23.4 Å². The molecule has 0 radical (unpaired) electrons. The number of ketones is 2. The fourth-order valence-electron chi connectivity index (χ4n) is 10.0. The molecular weight excluding hydrogens is 871 g/mol. The molecule has 4 aliphatic rings. The van der Waals surface area contributed by atoms with Crippen molar-refractivity contribution in [3.8, 4) is 0 Å². The fraction of sp³-hybridized carbons (Fsp3) is 0.741. The Kier molecular flexibility index (Phi) is 18.9. The first-order valence-corrected chi connectivity index (χ1v) is 24.4. The van der Waals surface area contributed by atoms with E-state index < -0.39 is 129 Å². The van der Waals surface area contributed by atoms with Gasteiger partial charge in [-0.05, 0) is 118 Å². The van der Waals surface area contributed by atoms with Crippen molar-refractivity contribution in [1.29, 1.82) is 0 Å². The molecule has 3 fully saturated rings. The molecule has 1 amide bonds. The molecule has 4 rings (SSSR count). The van der Waals surface area contributed by atoms with Gasteiger partial charge in [0.15, 0.2) is 0 Å². The van der Waals surface area contributed by atoms with Crippen LogP contribution in [0.15, 0.2) is 59.8 Å². The van der Waals surface area contributed by atoms with E-state index in [0.29, 0.717) is 50.5 Å². The van der Waals surface area contributed by atoms with Crippen molar-refractivity contribution in [3.63, 3.8) is 0 Å². The molecule has 0 spiro atoms. The topological polar surface area (TPSA) is 188 Å². The van der Waals surface area contributed by atoms with Crippen molar-refractivity contribution in [3.05, 3.63) is 59.8 Å². The van der Waals surface area contributed by atoms with Crippen molar-refractivity contribution in [2.75, 3.05) is 41.0 Å². The number of nitrogens with zero attached hydrogens (tertiary/aromatic N) is 1. The number of methoxy groups -OCH3 is 3. The van der Waals surface area contributed by atoms with Gasteiger partial charge in [0.05, 0.1) is 40.3 Å². The Morgan fingerprint density at radius 3 is 2.40 bits per heavy atom. The summed E-state index contributed by atoms with van der Waals surface area (Å²) in [5, 5.41) is 33.4. The molecule has 14 nitrogen and oxygen atoms in total. The number of esters is 1. The van der Waals surface area contributed by atoms with E-state index >= 15 is 0 Å². The lowest BCUT2D eigenvalue weighted by atomic mass is 9.78. The number of carbonyl (C=O) groups is 4. The molecule has 3 heterocycles. The SMILES string of the molecule is [2H]C([2H])(CO)O[C@@H]1CC[C@@H](C[C@@H](C)[C@@H]2CC(=O)[C@H](C([2H])([2H])[2H])/C=C(\C)[C@@H](O)[C@@H](OC)C(=C)[C@H](C)C[C@H](C)/C=C/C=C/C=C(\C)[C@@H](OC)C[C@@H]3CC([2H])([2H])[C@@H](C)[C@@](O)(O3)C(=O)C(=O)N3CCCC[C@H]3C(=O)O2)C[C@H]1OC. The van der Waals surface area contributed by atoms with Crippen LogP contribution in [0.3, 0.4) is 0 Å². The molecule has 384 valence electrons. The molecule has 2 saturated heterocycles. The smallest absolute Gasteiger partial charge is 0.329 e. The molecule has 1 saturated carbocycles. The van der Waals surface area contributed by atoms with E-state index in [-0.39, 0.29) is 49.1 Å². The molecule has 3 N–H and O–H groups in total. The highest BCUT2D eigenvalue weighted by Crippen LogP contribution is 2.38. The molecule has 2 bridgehead atoms. The minimum Gasteiger partial charge on any atom is -0.460 e. The van der Waals surface area contributed by atoms with Crippen molar-refractivity contribution in [1.82, 2.24) is 4.90 Å². The fourth-order valence-corrected chi connectivity index (χ4v) is 10.0. The van der Waals surface area contributed by atoms with E-state index in [1.165, 1.54) is 41.3 Å². The monoisotopic (exact) mass is 963 g/mol. The summed E-state index contributed by atoms with van der Waals surface area (Å²) in [4.78, 5) is 59.1.